The molecule has 21 heavy (non-hydrogen) atoms. The first kappa shape index (κ1) is 16.5. The Labute approximate surface area is 124 Å². The van der Waals surface area contributed by atoms with E-state index in [4.69, 9.17) is 16.7 Å². The lowest BCUT2D eigenvalue weighted by Gasteiger charge is -2.39. The van der Waals surface area contributed by atoms with Crippen LogP contribution in [0.4, 0.5) is 17.6 Å². The number of nitrogens with one attached hydrogen (secondary N) is 1. The Hall–Kier alpha value is -0.890. The Morgan fingerprint density at radius 3 is 2.38 bits per heavy atom. The van der Waals surface area contributed by atoms with Crippen LogP contribution in [-0.2, 0) is 0 Å². The van der Waals surface area contributed by atoms with Gasteiger partial charge in [-0.15, -0.1) is 0 Å². The highest BCUT2D eigenvalue weighted by atomic mass is 35.5. The summed E-state index contributed by atoms with van der Waals surface area (Å²) in [6.45, 7) is -0.175. The molecule has 0 aromatic heterocycles. The molecule has 0 spiro atoms. The second kappa shape index (κ2) is 6.48. The quantitative estimate of drug-likeness (QED) is 0.658. The fourth-order valence-corrected chi connectivity index (χ4v) is 2.74. The molecule has 0 aliphatic carbocycles. The standard InChI is InChI=1S/C13H15ClF4N2O/c14-11-9(16)2-1-8(15)10(11)12(13(17,18)7-21)20-5-3-19-4-6-20/h1-2,12,19,21H,3-7H2/t12-/m1/s1. The topological polar surface area (TPSA) is 35.5 Å². The molecule has 0 unspecified atom stereocenters. The van der Waals surface area contributed by atoms with Gasteiger partial charge in [0, 0.05) is 31.7 Å². The average molecular weight is 327 g/mol. The summed E-state index contributed by atoms with van der Waals surface area (Å²) in [5.41, 5.74) is -0.613. The maximum absolute atomic E-state index is 14.1. The lowest BCUT2D eigenvalue weighted by molar-refractivity contribution is -0.119. The summed E-state index contributed by atoms with van der Waals surface area (Å²) in [6, 6.07) is -0.264. The van der Waals surface area contributed by atoms with E-state index in [1.165, 1.54) is 4.90 Å². The Kier molecular flexibility index (Phi) is 5.08. The molecule has 2 N–H and O–H groups in total. The summed E-state index contributed by atoms with van der Waals surface area (Å²) in [6.07, 6.45) is 0. The van der Waals surface area contributed by atoms with E-state index >= 15 is 0 Å². The van der Waals surface area contributed by atoms with Crippen LogP contribution < -0.4 is 5.32 Å². The molecule has 118 valence electrons. The van der Waals surface area contributed by atoms with Gasteiger partial charge in [0.15, 0.2) is 0 Å². The van der Waals surface area contributed by atoms with E-state index in [1.54, 1.807) is 0 Å². The maximum Gasteiger partial charge on any atom is 0.290 e. The summed E-state index contributed by atoms with van der Waals surface area (Å²) >= 11 is 5.70. The molecule has 1 aromatic rings. The number of benzene rings is 1. The first-order chi connectivity index (χ1) is 9.88. The molecular weight excluding hydrogens is 312 g/mol. The van der Waals surface area contributed by atoms with Crippen LogP contribution in [0.25, 0.3) is 0 Å². The zero-order valence-electron chi connectivity index (χ0n) is 11.1. The van der Waals surface area contributed by atoms with Gasteiger partial charge in [0.05, 0.1) is 5.02 Å². The second-order valence-electron chi connectivity index (χ2n) is 4.86. The van der Waals surface area contributed by atoms with Crippen LogP contribution in [0.1, 0.15) is 11.6 Å². The molecular formula is C13H15ClF4N2O. The van der Waals surface area contributed by atoms with Gasteiger partial charge < -0.3 is 10.4 Å². The minimum atomic E-state index is -3.64. The summed E-state index contributed by atoms with van der Waals surface area (Å²) in [5, 5.41) is 11.3. The lowest BCUT2D eigenvalue weighted by atomic mass is 9.97. The number of hydrogen-bond acceptors (Lipinski definition) is 3. The van der Waals surface area contributed by atoms with Gasteiger partial charge in [0.25, 0.3) is 5.92 Å². The van der Waals surface area contributed by atoms with Crippen molar-refractivity contribution < 1.29 is 22.7 Å². The molecule has 0 bridgehead atoms. The van der Waals surface area contributed by atoms with Crippen molar-refractivity contribution in [3.63, 3.8) is 0 Å². The molecule has 3 nitrogen and oxygen atoms in total. The predicted molar refractivity (Wildman–Crippen MR) is 70.6 cm³/mol. The Morgan fingerprint density at radius 1 is 1.24 bits per heavy atom. The molecule has 1 saturated heterocycles. The van der Waals surface area contributed by atoms with E-state index < -0.39 is 40.8 Å². The number of nitrogens with zero attached hydrogens (tertiary/aromatic N) is 1. The number of halogens is 5. The second-order valence-corrected chi connectivity index (χ2v) is 5.24. The van der Waals surface area contributed by atoms with Gasteiger partial charge in [-0.05, 0) is 12.1 Å². The third kappa shape index (κ3) is 3.31. The van der Waals surface area contributed by atoms with Gasteiger partial charge in [-0.25, -0.2) is 17.6 Å². The maximum atomic E-state index is 14.1. The van der Waals surface area contributed by atoms with Crippen molar-refractivity contribution in [2.75, 3.05) is 32.8 Å². The number of aliphatic hydroxyl groups excluding tert-OH is 1. The van der Waals surface area contributed by atoms with E-state index in [9.17, 15) is 17.6 Å². The van der Waals surface area contributed by atoms with Gasteiger partial charge in [-0.1, -0.05) is 11.6 Å². The van der Waals surface area contributed by atoms with Gasteiger partial charge >= 0.3 is 0 Å². The van der Waals surface area contributed by atoms with Gasteiger partial charge in [0.1, 0.15) is 24.3 Å². The Balaban J connectivity index is 2.52. The zero-order chi connectivity index (χ0) is 15.6. The van der Waals surface area contributed by atoms with Gasteiger partial charge in [-0.2, -0.15) is 0 Å². The van der Waals surface area contributed by atoms with Crippen molar-refractivity contribution in [2.45, 2.75) is 12.0 Å². The Bertz CT molecular complexity index is 509. The van der Waals surface area contributed by atoms with E-state index in [2.05, 4.69) is 5.32 Å². The lowest BCUT2D eigenvalue weighted by Crippen LogP contribution is -2.51. The fraction of sp³-hybridized carbons (Fsp3) is 0.538. The average Bonchev–Trinajstić information content (AvgIpc) is 2.48. The van der Waals surface area contributed by atoms with Crippen molar-refractivity contribution >= 4 is 11.6 Å². The number of aliphatic hydroxyl groups is 1. The monoisotopic (exact) mass is 326 g/mol. The van der Waals surface area contributed by atoms with Crippen LogP contribution in [0.2, 0.25) is 5.02 Å². The van der Waals surface area contributed by atoms with Crippen molar-refractivity contribution in [1.29, 1.82) is 0 Å². The number of alkyl halides is 2. The first-order valence-corrected chi connectivity index (χ1v) is 6.83. The largest absolute Gasteiger partial charge is 0.390 e. The Morgan fingerprint density at radius 2 is 1.81 bits per heavy atom. The molecule has 1 aromatic carbocycles. The highest BCUT2D eigenvalue weighted by Crippen LogP contribution is 2.41. The van der Waals surface area contributed by atoms with E-state index in [0.29, 0.717) is 13.1 Å². The van der Waals surface area contributed by atoms with Gasteiger partial charge in [-0.3, -0.25) is 4.90 Å². The molecule has 1 fully saturated rings. The molecule has 0 radical (unpaired) electrons. The molecule has 1 atom stereocenters. The summed E-state index contributed by atoms with van der Waals surface area (Å²) < 4.78 is 55.8. The minimum Gasteiger partial charge on any atom is -0.390 e. The normalized spacial score (nSPS) is 18.8. The fourth-order valence-electron chi connectivity index (χ4n) is 2.48. The molecule has 8 heteroatoms. The van der Waals surface area contributed by atoms with E-state index in [1.807, 2.05) is 0 Å². The van der Waals surface area contributed by atoms with E-state index in [0.717, 1.165) is 12.1 Å². The molecule has 1 aliphatic rings. The van der Waals surface area contributed by atoms with Crippen LogP contribution in [0.5, 0.6) is 0 Å². The smallest absolute Gasteiger partial charge is 0.290 e. The van der Waals surface area contributed by atoms with Crippen molar-refractivity contribution in [2.24, 2.45) is 0 Å². The number of rotatable bonds is 4. The predicted octanol–water partition coefficient (Wildman–Crippen LogP) is 2.19. The van der Waals surface area contributed by atoms with E-state index in [-0.39, 0.29) is 13.1 Å². The number of hydrogen-bond donors (Lipinski definition) is 2. The van der Waals surface area contributed by atoms with Crippen molar-refractivity contribution in [1.82, 2.24) is 10.2 Å². The third-order valence-electron chi connectivity index (χ3n) is 3.48. The van der Waals surface area contributed by atoms with Crippen molar-refractivity contribution in [3.05, 3.63) is 34.4 Å². The summed E-state index contributed by atoms with van der Waals surface area (Å²) in [7, 11) is 0. The highest BCUT2D eigenvalue weighted by Gasteiger charge is 2.46. The molecule has 0 saturated carbocycles. The number of piperazine rings is 1. The molecule has 1 heterocycles. The van der Waals surface area contributed by atoms with Crippen LogP contribution in [0.15, 0.2) is 12.1 Å². The summed E-state index contributed by atoms with van der Waals surface area (Å²) in [4.78, 5) is 1.30. The SMILES string of the molecule is OCC(F)(F)[C@@H](c1c(F)ccc(F)c1Cl)N1CCNCC1. The van der Waals surface area contributed by atoms with Crippen molar-refractivity contribution in [3.8, 4) is 0 Å². The molecule has 0 amide bonds. The highest BCUT2D eigenvalue weighted by molar-refractivity contribution is 6.31. The first-order valence-electron chi connectivity index (χ1n) is 6.45. The van der Waals surface area contributed by atoms with Crippen LogP contribution >= 0.6 is 11.6 Å². The van der Waals surface area contributed by atoms with Gasteiger partial charge in [0.2, 0.25) is 0 Å². The molecule has 2 rings (SSSR count). The van der Waals surface area contributed by atoms with Crippen LogP contribution in [-0.4, -0.2) is 48.7 Å². The summed E-state index contributed by atoms with van der Waals surface area (Å²) in [5.74, 6) is -5.63. The zero-order valence-corrected chi connectivity index (χ0v) is 11.8. The minimum absolute atomic E-state index is 0.215. The molecule has 1 aliphatic heterocycles. The van der Waals surface area contributed by atoms with Crippen LogP contribution in [0.3, 0.4) is 0 Å². The third-order valence-corrected chi connectivity index (χ3v) is 3.86. The van der Waals surface area contributed by atoms with Crippen LogP contribution in [0, 0.1) is 11.6 Å².